The van der Waals surface area contributed by atoms with Gasteiger partial charge in [0, 0.05) is 51.4 Å². The highest BCUT2D eigenvalue weighted by Crippen LogP contribution is 2.18. The van der Waals surface area contributed by atoms with Crippen molar-refractivity contribution in [3.63, 3.8) is 0 Å². The first kappa shape index (κ1) is 17.7. The van der Waals surface area contributed by atoms with Crippen molar-refractivity contribution in [3.8, 4) is 0 Å². The van der Waals surface area contributed by atoms with Gasteiger partial charge in [0.15, 0.2) is 0 Å². The Labute approximate surface area is 149 Å². The number of carbonyl (C=O) groups excluding carboxylic acids is 1. The normalized spacial score (nSPS) is 21.5. The van der Waals surface area contributed by atoms with Crippen molar-refractivity contribution in [2.75, 3.05) is 50.7 Å². The summed E-state index contributed by atoms with van der Waals surface area (Å²) < 4.78 is 0. The minimum atomic E-state index is -0.786. The molecule has 136 valence electrons. The molecule has 2 aliphatic heterocycles. The van der Waals surface area contributed by atoms with Crippen LogP contribution in [0.2, 0.25) is 0 Å². The second-order valence-corrected chi connectivity index (χ2v) is 6.93. The Morgan fingerprint density at radius 2 is 1.76 bits per heavy atom. The van der Waals surface area contributed by atoms with Crippen molar-refractivity contribution in [3.05, 3.63) is 30.3 Å². The van der Waals surface area contributed by atoms with Crippen LogP contribution in [0.3, 0.4) is 0 Å². The third-order valence-corrected chi connectivity index (χ3v) is 5.25. The highest BCUT2D eigenvalue weighted by atomic mass is 16.4. The van der Waals surface area contributed by atoms with E-state index in [0.29, 0.717) is 25.9 Å². The monoisotopic (exact) mass is 345 g/mol. The number of piperazine rings is 1. The standard InChI is InChI=1S/C19H27N3O3/c23-18(22-10-8-16(15-22)19(24)25)7-4-9-20-11-13-21(14-12-20)17-5-2-1-3-6-17/h1-3,5-6,16H,4,7-15H2,(H,24,25)/t16-/m1/s1. The number of para-hydroxylation sites is 1. The predicted molar refractivity (Wildman–Crippen MR) is 96.7 cm³/mol. The van der Waals surface area contributed by atoms with Gasteiger partial charge in [0.05, 0.1) is 5.92 Å². The quantitative estimate of drug-likeness (QED) is 0.847. The smallest absolute Gasteiger partial charge is 0.308 e. The maximum Gasteiger partial charge on any atom is 0.308 e. The number of anilines is 1. The fourth-order valence-corrected chi connectivity index (χ4v) is 3.67. The van der Waals surface area contributed by atoms with Gasteiger partial charge in [0.1, 0.15) is 0 Å². The lowest BCUT2D eigenvalue weighted by atomic mass is 10.1. The number of aliphatic carboxylic acids is 1. The Balaban J connectivity index is 1.34. The molecular weight excluding hydrogens is 318 g/mol. The van der Waals surface area contributed by atoms with Gasteiger partial charge in [0.25, 0.3) is 0 Å². The van der Waals surface area contributed by atoms with Gasteiger partial charge in [-0.25, -0.2) is 0 Å². The molecule has 6 nitrogen and oxygen atoms in total. The first-order valence-electron chi connectivity index (χ1n) is 9.16. The third-order valence-electron chi connectivity index (χ3n) is 5.25. The third kappa shape index (κ3) is 4.72. The predicted octanol–water partition coefficient (Wildman–Crippen LogP) is 1.52. The maximum atomic E-state index is 12.2. The number of amides is 1. The van der Waals surface area contributed by atoms with Gasteiger partial charge >= 0.3 is 5.97 Å². The summed E-state index contributed by atoms with van der Waals surface area (Å²) in [5.74, 6) is -1.06. The minimum absolute atomic E-state index is 0.103. The first-order chi connectivity index (χ1) is 12.1. The van der Waals surface area contributed by atoms with Gasteiger partial charge in [-0.05, 0) is 31.5 Å². The second-order valence-electron chi connectivity index (χ2n) is 6.93. The molecule has 0 unspecified atom stereocenters. The summed E-state index contributed by atoms with van der Waals surface area (Å²) in [6.45, 7) is 5.98. The maximum absolute atomic E-state index is 12.2. The number of carboxylic acid groups (broad SMARTS) is 1. The zero-order valence-corrected chi connectivity index (χ0v) is 14.6. The Kier molecular flexibility index (Phi) is 5.91. The van der Waals surface area contributed by atoms with E-state index in [0.717, 1.165) is 39.1 Å². The molecule has 0 saturated carbocycles. The summed E-state index contributed by atoms with van der Waals surface area (Å²) >= 11 is 0. The van der Waals surface area contributed by atoms with Gasteiger partial charge in [-0.1, -0.05) is 18.2 Å². The van der Waals surface area contributed by atoms with E-state index in [4.69, 9.17) is 5.11 Å². The molecule has 1 aromatic rings. The number of likely N-dealkylation sites (tertiary alicyclic amines) is 1. The van der Waals surface area contributed by atoms with Crippen molar-refractivity contribution >= 4 is 17.6 Å². The Morgan fingerprint density at radius 3 is 2.40 bits per heavy atom. The Hall–Kier alpha value is -2.08. The van der Waals surface area contributed by atoms with E-state index in [1.54, 1.807) is 4.90 Å². The topological polar surface area (TPSA) is 64.1 Å². The average molecular weight is 345 g/mol. The van der Waals surface area contributed by atoms with Crippen molar-refractivity contribution in [2.45, 2.75) is 19.3 Å². The van der Waals surface area contributed by atoms with Crippen LogP contribution in [0.5, 0.6) is 0 Å². The van der Waals surface area contributed by atoms with E-state index in [1.807, 2.05) is 6.07 Å². The molecule has 3 rings (SSSR count). The lowest BCUT2D eigenvalue weighted by molar-refractivity contribution is -0.141. The molecule has 2 heterocycles. The van der Waals surface area contributed by atoms with Crippen molar-refractivity contribution in [1.82, 2.24) is 9.80 Å². The summed E-state index contributed by atoms with van der Waals surface area (Å²) in [7, 11) is 0. The lowest BCUT2D eigenvalue weighted by Crippen LogP contribution is -2.46. The van der Waals surface area contributed by atoms with E-state index in [-0.39, 0.29) is 11.8 Å². The molecule has 2 saturated heterocycles. The van der Waals surface area contributed by atoms with Crippen molar-refractivity contribution in [2.24, 2.45) is 5.92 Å². The SMILES string of the molecule is O=C(O)[C@@H]1CCN(C(=O)CCCN2CCN(c3ccccc3)CC2)C1. The van der Waals surface area contributed by atoms with Crippen LogP contribution in [-0.4, -0.2) is 72.6 Å². The molecule has 1 N–H and O–H groups in total. The average Bonchev–Trinajstić information content (AvgIpc) is 3.14. The fraction of sp³-hybridized carbons (Fsp3) is 0.579. The summed E-state index contributed by atoms with van der Waals surface area (Å²) in [6, 6.07) is 10.5. The van der Waals surface area contributed by atoms with Crippen LogP contribution >= 0.6 is 0 Å². The lowest BCUT2D eigenvalue weighted by Gasteiger charge is -2.36. The number of nitrogens with zero attached hydrogens (tertiary/aromatic N) is 3. The highest BCUT2D eigenvalue weighted by Gasteiger charge is 2.30. The summed E-state index contributed by atoms with van der Waals surface area (Å²) in [5.41, 5.74) is 1.28. The molecule has 0 aromatic heterocycles. The Morgan fingerprint density at radius 1 is 1.04 bits per heavy atom. The van der Waals surface area contributed by atoms with Gasteiger partial charge in [-0.15, -0.1) is 0 Å². The van der Waals surface area contributed by atoms with Gasteiger partial charge in [0.2, 0.25) is 5.91 Å². The molecule has 25 heavy (non-hydrogen) atoms. The molecule has 2 aliphatic rings. The zero-order valence-electron chi connectivity index (χ0n) is 14.6. The van der Waals surface area contributed by atoms with Crippen molar-refractivity contribution < 1.29 is 14.7 Å². The number of hydrogen-bond donors (Lipinski definition) is 1. The number of hydrogen-bond acceptors (Lipinski definition) is 4. The molecular formula is C19H27N3O3. The molecule has 0 radical (unpaired) electrons. The summed E-state index contributed by atoms with van der Waals surface area (Å²) in [4.78, 5) is 29.7. The van der Waals surface area contributed by atoms with Gasteiger partial charge in [-0.3, -0.25) is 14.5 Å². The van der Waals surface area contributed by atoms with Crippen LogP contribution in [-0.2, 0) is 9.59 Å². The van der Waals surface area contributed by atoms with E-state index < -0.39 is 5.97 Å². The van der Waals surface area contributed by atoms with Crippen LogP contribution in [0.25, 0.3) is 0 Å². The molecule has 1 amide bonds. The van der Waals surface area contributed by atoms with Crippen LogP contribution in [0.4, 0.5) is 5.69 Å². The molecule has 0 spiro atoms. The van der Waals surface area contributed by atoms with E-state index in [1.165, 1.54) is 5.69 Å². The molecule has 1 aromatic carbocycles. The van der Waals surface area contributed by atoms with E-state index in [2.05, 4.69) is 34.1 Å². The first-order valence-corrected chi connectivity index (χ1v) is 9.16. The molecule has 0 aliphatic carbocycles. The van der Waals surface area contributed by atoms with Crippen LogP contribution in [0, 0.1) is 5.92 Å². The summed E-state index contributed by atoms with van der Waals surface area (Å²) in [5, 5.41) is 9.01. The van der Waals surface area contributed by atoms with Gasteiger partial charge in [-0.2, -0.15) is 0 Å². The Bertz CT molecular complexity index is 585. The molecule has 1 atom stereocenters. The number of benzene rings is 1. The van der Waals surface area contributed by atoms with Gasteiger partial charge < -0.3 is 14.9 Å². The number of carboxylic acids is 1. The van der Waals surface area contributed by atoms with E-state index in [9.17, 15) is 9.59 Å². The molecule has 0 bridgehead atoms. The second kappa shape index (κ2) is 8.34. The highest BCUT2D eigenvalue weighted by molar-refractivity contribution is 5.78. The largest absolute Gasteiger partial charge is 0.481 e. The van der Waals surface area contributed by atoms with E-state index >= 15 is 0 Å². The number of carbonyl (C=O) groups is 2. The van der Waals surface area contributed by atoms with Crippen molar-refractivity contribution in [1.29, 1.82) is 0 Å². The zero-order chi connectivity index (χ0) is 17.6. The molecule has 6 heteroatoms. The van der Waals surface area contributed by atoms with Crippen LogP contribution < -0.4 is 4.90 Å². The van der Waals surface area contributed by atoms with Crippen LogP contribution in [0.1, 0.15) is 19.3 Å². The van der Waals surface area contributed by atoms with Crippen LogP contribution in [0.15, 0.2) is 30.3 Å². The summed E-state index contributed by atoms with van der Waals surface area (Å²) in [6.07, 6.45) is 1.95. The molecule has 2 fully saturated rings. The number of rotatable bonds is 6. The minimum Gasteiger partial charge on any atom is -0.481 e. The fourth-order valence-electron chi connectivity index (χ4n) is 3.67.